The number of rotatable bonds is 3. The summed E-state index contributed by atoms with van der Waals surface area (Å²) in [7, 11) is 0. The van der Waals surface area contributed by atoms with E-state index in [4.69, 9.17) is 0 Å². The SMILES string of the molecule is Cc1cc(N2CC(n3cc(N4CCCC4=O)cn3)C2)ccn1. The summed E-state index contributed by atoms with van der Waals surface area (Å²) in [6.07, 6.45) is 7.26. The third kappa shape index (κ3) is 2.24. The van der Waals surface area contributed by atoms with Gasteiger partial charge in [0.15, 0.2) is 0 Å². The van der Waals surface area contributed by atoms with Gasteiger partial charge in [0.25, 0.3) is 0 Å². The van der Waals surface area contributed by atoms with Crippen molar-refractivity contribution in [1.82, 2.24) is 14.8 Å². The summed E-state index contributed by atoms with van der Waals surface area (Å²) in [5.74, 6) is 0.210. The summed E-state index contributed by atoms with van der Waals surface area (Å²) in [6, 6.07) is 4.52. The summed E-state index contributed by atoms with van der Waals surface area (Å²) in [4.78, 5) is 20.2. The molecule has 0 bridgehead atoms. The van der Waals surface area contributed by atoms with Crippen molar-refractivity contribution in [1.29, 1.82) is 0 Å². The second-order valence-electron chi connectivity index (χ2n) is 6.04. The lowest BCUT2D eigenvalue weighted by atomic mass is 10.1. The van der Waals surface area contributed by atoms with E-state index in [2.05, 4.69) is 21.0 Å². The maximum absolute atomic E-state index is 11.8. The minimum absolute atomic E-state index is 0.210. The lowest BCUT2D eigenvalue weighted by Crippen LogP contribution is -2.48. The van der Waals surface area contributed by atoms with Gasteiger partial charge >= 0.3 is 0 Å². The predicted octanol–water partition coefficient (Wildman–Crippen LogP) is 1.77. The van der Waals surface area contributed by atoms with Crippen LogP contribution in [0.1, 0.15) is 24.6 Å². The Morgan fingerprint density at radius 1 is 1.27 bits per heavy atom. The molecule has 22 heavy (non-hydrogen) atoms. The monoisotopic (exact) mass is 297 g/mol. The molecule has 6 heteroatoms. The van der Waals surface area contributed by atoms with E-state index in [1.54, 1.807) is 0 Å². The number of amides is 1. The first-order valence-electron chi connectivity index (χ1n) is 7.73. The first kappa shape index (κ1) is 13.3. The van der Waals surface area contributed by atoms with Crippen LogP contribution in [-0.2, 0) is 4.79 Å². The summed E-state index contributed by atoms with van der Waals surface area (Å²) in [5.41, 5.74) is 3.18. The Labute approximate surface area is 129 Å². The van der Waals surface area contributed by atoms with Crippen molar-refractivity contribution < 1.29 is 4.79 Å². The van der Waals surface area contributed by atoms with Crippen LogP contribution in [0.2, 0.25) is 0 Å². The minimum Gasteiger partial charge on any atom is -0.367 e. The number of hydrogen-bond donors (Lipinski definition) is 0. The molecule has 2 aliphatic rings. The highest BCUT2D eigenvalue weighted by molar-refractivity contribution is 5.95. The molecule has 2 fully saturated rings. The van der Waals surface area contributed by atoms with Crippen molar-refractivity contribution >= 4 is 17.3 Å². The highest BCUT2D eigenvalue weighted by atomic mass is 16.2. The molecule has 0 radical (unpaired) electrons. The van der Waals surface area contributed by atoms with E-state index < -0.39 is 0 Å². The van der Waals surface area contributed by atoms with E-state index in [1.165, 1.54) is 5.69 Å². The fourth-order valence-corrected chi connectivity index (χ4v) is 3.15. The molecule has 0 N–H and O–H groups in total. The molecule has 2 aromatic rings. The van der Waals surface area contributed by atoms with E-state index in [1.807, 2.05) is 41.2 Å². The molecule has 4 rings (SSSR count). The summed E-state index contributed by atoms with van der Waals surface area (Å²) >= 11 is 0. The largest absolute Gasteiger partial charge is 0.367 e. The van der Waals surface area contributed by atoms with Crippen LogP contribution in [0.15, 0.2) is 30.7 Å². The van der Waals surface area contributed by atoms with Gasteiger partial charge in [0.2, 0.25) is 5.91 Å². The van der Waals surface area contributed by atoms with Crippen molar-refractivity contribution in [3.05, 3.63) is 36.4 Å². The third-order valence-electron chi connectivity index (χ3n) is 4.45. The Morgan fingerprint density at radius 2 is 2.14 bits per heavy atom. The van der Waals surface area contributed by atoms with Crippen LogP contribution in [-0.4, -0.2) is 40.3 Å². The van der Waals surface area contributed by atoms with Crippen LogP contribution in [0.4, 0.5) is 11.4 Å². The molecular weight excluding hydrogens is 278 g/mol. The molecule has 0 aliphatic carbocycles. The number of hydrogen-bond acceptors (Lipinski definition) is 4. The maximum Gasteiger partial charge on any atom is 0.227 e. The number of pyridine rings is 1. The smallest absolute Gasteiger partial charge is 0.227 e. The molecule has 4 heterocycles. The van der Waals surface area contributed by atoms with Gasteiger partial charge in [-0.3, -0.25) is 14.5 Å². The molecule has 6 nitrogen and oxygen atoms in total. The topological polar surface area (TPSA) is 54.3 Å². The molecule has 2 aromatic heterocycles. The lowest BCUT2D eigenvalue weighted by Gasteiger charge is -2.41. The van der Waals surface area contributed by atoms with Gasteiger partial charge in [-0.05, 0) is 25.5 Å². The predicted molar refractivity (Wildman–Crippen MR) is 84.0 cm³/mol. The molecule has 0 spiro atoms. The van der Waals surface area contributed by atoms with Crippen LogP contribution in [0.25, 0.3) is 0 Å². The van der Waals surface area contributed by atoms with Gasteiger partial charge in [-0.15, -0.1) is 0 Å². The van der Waals surface area contributed by atoms with Crippen LogP contribution in [0, 0.1) is 6.92 Å². The lowest BCUT2D eigenvalue weighted by molar-refractivity contribution is -0.117. The van der Waals surface area contributed by atoms with Gasteiger partial charge in [0.05, 0.1) is 17.9 Å². The van der Waals surface area contributed by atoms with Crippen LogP contribution in [0.5, 0.6) is 0 Å². The first-order chi connectivity index (χ1) is 10.7. The Kier molecular flexibility index (Phi) is 3.10. The number of carbonyl (C=O) groups excluding carboxylic acids is 1. The minimum atomic E-state index is 0.210. The fourth-order valence-electron chi connectivity index (χ4n) is 3.15. The molecule has 1 amide bonds. The molecule has 114 valence electrons. The zero-order chi connectivity index (χ0) is 15.1. The first-order valence-corrected chi connectivity index (χ1v) is 7.73. The maximum atomic E-state index is 11.8. The van der Waals surface area contributed by atoms with Gasteiger partial charge in [-0.25, -0.2) is 0 Å². The highest BCUT2D eigenvalue weighted by Gasteiger charge is 2.30. The molecule has 0 unspecified atom stereocenters. The van der Waals surface area contributed by atoms with Gasteiger partial charge in [0, 0.05) is 49.8 Å². The van der Waals surface area contributed by atoms with Crippen LogP contribution >= 0.6 is 0 Å². The molecule has 0 atom stereocenters. The van der Waals surface area contributed by atoms with Crippen molar-refractivity contribution in [3.63, 3.8) is 0 Å². The molecule has 0 saturated carbocycles. The third-order valence-corrected chi connectivity index (χ3v) is 4.45. The Balaban J connectivity index is 1.43. The Bertz CT molecular complexity index is 704. The zero-order valence-electron chi connectivity index (χ0n) is 12.6. The average molecular weight is 297 g/mol. The van der Waals surface area contributed by atoms with Crippen molar-refractivity contribution in [2.75, 3.05) is 29.4 Å². The summed E-state index contributed by atoms with van der Waals surface area (Å²) in [5, 5.41) is 4.45. The normalized spacial score (nSPS) is 18.9. The quantitative estimate of drug-likeness (QED) is 0.866. The molecule has 2 aliphatic heterocycles. The van der Waals surface area contributed by atoms with E-state index in [0.717, 1.165) is 37.4 Å². The summed E-state index contributed by atoms with van der Waals surface area (Å²) in [6.45, 7) is 4.71. The highest BCUT2D eigenvalue weighted by Crippen LogP contribution is 2.29. The average Bonchev–Trinajstić information content (AvgIpc) is 3.06. The second-order valence-corrected chi connectivity index (χ2v) is 6.04. The van der Waals surface area contributed by atoms with E-state index in [9.17, 15) is 4.79 Å². The van der Waals surface area contributed by atoms with E-state index in [0.29, 0.717) is 12.5 Å². The van der Waals surface area contributed by atoms with Crippen LogP contribution < -0.4 is 9.80 Å². The number of nitrogens with zero attached hydrogens (tertiary/aromatic N) is 5. The number of aromatic nitrogens is 3. The molecule has 0 aromatic carbocycles. The second kappa shape index (κ2) is 5.12. The number of aryl methyl sites for hydroxylation is 1. The molecule has 2 saturated heterocycles. The van der Waals surface area contributed by atoms with Crippen LogP contribution in [0.3, 0.4) is 0 Å². The van der Waals surface area contributed by atoms with Gasteiger partial charge in [-0.1, -0.05) is 0 Å². The Morgan fingerprint density at radius 3 is 2.86 bits per heavy atom. The van der Waals surface area contributed by atoms with Gasteiger partial charge in [0.1, 0.15) is 0 Å². The van der Waals surface area contributed by atoms with E-state index >= 15 is 0 Å². The van der Waals surface area contributed by atoms with Crippen molar-refractivity contribution in [2.24, 2.45) is 0 Å². The standard InChI is InChI=1S/C16H19N5O/c1-12-7-13(4-5-17-12)19-9-15(10-19)21-11-14(8-18-21)20-6-2-3-16(20)22/h4-5,7-8,11,15H,2-3,6,9-10H2,1H3. The van der Waals surface area contributed by atoms with Gasteiger partial charge < -0.3 is 9.80 Å². The zero-order valence-corrected chi connectivity index (χ0v) is 12.6. The van der Waals surface area contributed by atoms with Crippen molar-refractivity contribution in [3.8, 4) is 0 Å². The van der Waals surface area contributed by atoms with Crippen molar-refractivity contribution in [2.45, 2.75) is 25.8 Å². The fraction of sp³-hybridized carbons (Fsp3) is 0.438. The Hall–Kier alpha value is -2.37. The summed E-state index contributed by atoms with van der Waals surface area (Å²) < 4.78 is 1.99. The van der Waals surface area contributed by atoms with E-state index in [-0.39, 0.29) is 5.91 Å². The molecular formula is C16H19N5O. The number of anilines is 2. The van der Waals surface area contributed by atoms with Gasteiger partial charge in [-0.2, -0.15) is 5.10 Å². The number of carbonyl (C=O) groups is 1.